The van der Waals surface area contributed by atoms with Gasteiger partial charge in [0.25, 0.3) is 0 Å². The number of halogens is 1. The molecule has 0 unspecified atom stereocenters. The topological polar surface area (TPSA) is 41.5 Å². The minimum atomic E-state index is -0.403. The van der Waals surface area contributed by atoms with Gasteiger partial charge < -0.3 is 5.32 Å². The van der Waals surface area contributed by atoms with Crippen LogP contribution in [0.25, 0.3) is 0 Å². The Balaban J connectivity index is 0.000000847. The van der Waals surface area contributed by atoms with Crippen LogP contribution in [0, 0.1) is 6.92 Å². The fourth-order valence-electron chi connectivity index (χ4n) is 2.19. The number of hydrogen-bond acceptors (Lipinski definition) is 3. The number of rotatable bonds is 1. The molecule has 1 N–H and O–H groups in total. The Morgan fingerprint density at radius 2 is 1.86 bits per heavy atom. The maximum Gasteiger partial charge on any atom is 0.249 e. The predicted octanol–water partition coefficient (Wildman–Crippen LogP) is 4.91. The lowest BCUT2D eigenvalue weighted by Crippen LogP contribution is -2.21. The first-order valence-electron chi connectivity index (χ1n) is 7.29. The number of nitrogens with zero attached hydrogens (tertiary/aromatic N) is 1. The molecular formula is C17H19ClN2OS. The summed E-state index contributed by atoms with van der Waals surface area (Å²) in [6.07, 6.45) is 0. The summed E-state index contributed by atoms with van der Waals surface area (Å²) in [4.78, 5) is 16.6. The van der Waals surface area contributed by atoms with E-state index >= 15 is 0 Å². The van der Waals surface area contributed by atoms with E-state index in [1.165, 1.54) is 11.3 Å². The summed E-state index contributed by atoms with van der Waals surface area (Å²) in [5.41, 5.74) is 3.95. The summed E-state index contributed by atoms with van der Waals surface area (Å²) in [7, 11) is 0. The average molecular weight is 335 g/mol. The van der Waals surface area contributed by atoms with Gasteiger partial charge in [-0.3, -0.25) is 9.79 Å². The molecule has 1 aliphatic heterocycles. The molecule has 1 aliphatic rings. The number of nitrogens with one attached hydrogen (secondary N) is 1. The minimum absolute atomic E-state index is 0.0722. The second-order valence-corrected chi connectivity index (χ2v) is 6.09. The van der Waals surface area contributed by atoms with Crippen molar-refractivity contribution >= 4 is 39.6 Å². The third-order valence-electron chi connectivity index (χ3n) is 3.27. The van der Waals surface area contributed by atoms with Crippen molar-refractivity contribution in [3.63, 3.8) is 0 Å². The van der Waals surface area contributed by atoms with E-state index in [0.717, 1.165) is 27.4 Å². The summed E-state index contributed by atoms with van der Waals surface area (Å²) in [6.45, 7) is 7.83. The highest BCUT2D eigenvalue weighted by atomic mass is 35.5. The fraction of sp³-hybridized carbons (Fsp3) is 0.294. The van der Waals surface area contributed by atoms with Crippen molar-refractivity contribution in [2.75, 3.05) is 5.32 Å². The molecule has 1 atom stereocenters. The van der Waals surface area contributed by atoms with Gasteiger partial charge in [0.1, 0.15) is 11.0 Å². The van der Waals surface area contributed by atoms with Crippen LogP contribution in [0.4, 0.5) is 5.00 Å². The average Bonchev–Trinajstić information content (AvgIpc) is 2.82. The van der Waals surface area contributed by atoms with Crippen molar-refractivity contribution in [1.82, 2.24) is 0 Å². The van der Waals surface area contributed by atoms with Gasteiger partial charge in [-0.1, -0.05) is 37.6 Å². The molecule has 0 saturated heterocycles. The van der Waals surface area contributed by atoms with Crippen LogP contribution in [0.1, 0.15) is 37.5 Å². The van der Waals surface area contributed by atoms with Crippen LogP contribution in [-0.2, 0) is 4.79 Å². The standard InChI is InChI=1S/C15H13ClN2OS.C2H6/c1-8-7-20-15-12(8)13(17-9(2)14(19)18-15)10-3-5-11(16)6-4-10;1-2/h3-7,9H,1-2H3,(H,18,19);1-2H3/t9-;/m0./s1. The van der Waals surface area contributed by atoms with E-state index < -0.39 is 6.04 Å². The lowest BCUT2D eigenvalue weighted by Gasteiger charge is -2.08. The first-order chi connectivity index (χ1) is 10.6. The monoisotopic (exact) mass is 334 g/mol. The number of amides is 1. The molecule has 22 heavy (non-hydrogen) atoms. The van der Waals surface area contributed by atoms with Crippen molar-refractivity contribution in [2.24, 2.45) is 4.99 Å². The van der Waals surface area contributed by atoms with Crippen molar-refractivity contribution in [1.29, 1.82) is 0 Å². The molecule has 116 valence electrons. The van der Waals surface area contributed by atoms with Gasteiger partial charge >= 0.3 is 0 Å². The number of benzene rings is 1. The van der Waals surface area contributed by atoms with Crippen LogP contribution in [-0.4, -0.2) is 17.7 Å². The molecule has 2 heterocycles. The predicted molar refractivity (Wildman–Crippen MR) is 95.6 cm³/mol. The molecule has 1 aromatic carbocycles. The second kappa shape index (κ2) is 7.07. The maximum absolute atomic E-state index is 12.0. The molecule has 0 fully saturated rings. The Kier molecular flexibility index (Phi) is 5.37. The van der Waals surface area contributed by atoms with Gasteiger partial charge in [0.2, 0.25) is 5.91 Å². The number of fused-ring (bicyclic) bond motifs is 1. The lowest BCUT2D eigenvalue weighted by atomic mass is 10.0. The van der Waals surface area contributed by atoms with Gasteiger partial charge in [0, 0.05) is 16.1 Å². The molecule has 0 spiro atoms. The van der Waals surface area contributed by atoms with Gasteiger partial charge in [-0.05, 0) is 36.9 Å². The van der Waals surface area contributed by atoms with Crippen LogP contribution in [0.2, 0.25) is 5.02 Å². The molecule has 1 aromatic heterocycles. The minimum Gasteiger partial charge on any atom is -0.315 e. The second-order valence-electron chi connectivity index (χ2n) is 4.77. The van der Waals surface area contributed by atoms with Gasteiger partial charge in [-0.25, -0.2) is 0 Å². The van der Waals surface area contributed by atoms with E-state index in [4.69, 9.17) is 11.6 Å². The lowest BCUT2D eigenvalue weighted by molar-refractivity contribution is -0.116. The molecule has 5 heteroatoms. The number of anilines is 1. The molecule has 2 aromatic rings. The number of aliphatic imine (C=N–C) groups is 1. The number of carbonyl (C=O) groups is 1. The van der Waals surface area contributed by atoms with Crippen LogP contribution < -0.4 is 5.32 Å². The van der Waals surface area contributed by atoms with Crippen molar-refractivity contribution < 1.29 is 4.79 Å². The first-order valence-corrected chi connectivity index (χ1v) is 8.55. The molecule has 1 amide bonds. The highest BCUT2D eigenvalue weighted by molar-refractivity contribution is 7.15. The van der Waals surface area contributed by atoms with Crippen molar-refractivity contribution in [3.8, 4) is 0 Å². The molecule has 3 nitrogen and oxygen atoms in total. The SMILES string of the molecule is CC.Cc1csc2c1C(c1ccc(Cl)cc1)=N[C@@H](C)C(=O)N2. The molecule has 0 radical (unpaired) electrons. The zero-order valence-electron chi connectivity index (χ0n) is 13.1. The summed E-state index contributed by atoms with van der Waals surface area (Å²) in [5, 5.41) is 6.53. The summed E-state index contributed by atoms with van der Waals surface area (Å²) in [5.74, 6) is -0.0722. The third-order valence-corrected chi connectivity index (χ3v) is 4.53. The van der Waals surface area contributed by atoms with E-state index in [9.17, 15) is 4.79 Å². The van der Waals surface area contributed by atoms with Crippen LogP contribution in [0.5, 0.6) is 0 Å². The number of aryl methyl sites for hydroxylation is 1. The summed E-state index contributed by atoms with van der Waals surface area (Å²) < 4.78 is 0. The van der Waals surface area contributed by atoms with Gasteiger partial charge in [-0.2, -0.15) is 0 Å². The zero-order chi connectivity index (χ0) is 16.3. The van der Waals surface area contributed by atoms with Gasteiger partial charge in [0.05, 0.1) is 5.71 Å². The molecular weight excluding hydrogens is 316 g/mol. The first kappa shape index (κ1) is 16.7. The summed E-state index contributed by atoms with van der Waals surface area (Å²) >= 11 is 7.47. The van der Waals surface area contributed by atoms with Crippen LogP contribution >= 0.6 is 22.9 Å². The quantitative estimate of drug-likeness (QED) is 0.790. The van der Waals surface area contributed by atoms with E-state index in [2.05, 4.69) is 10.3 Å². The van der Waals surface area contributed by atoms with E-state index in [1.807, 2.05) is 50.4 Å². The van der Waals surface area contributed by atoms with E-state index in [-0.39, 0.29) is 5.91 Å². The zero-order valence-corrected chi connectivity index (χ0v) is 14.7. The largest absolute Gasteiger partial charge is 0.315 e. The fourth-order valence-corrected chi connectivity index (χ4v) is 3.26. The van der Waals surface area contributed by atoms with Crippen molar-refractivity contribution in [2.45, 2.75) is 33.7 Å². The molecule has 0 aliphatic carbocycles. The molecule has 0 bridgehead atoms. The molecule has 3 rings (SSSR count). The Morgan fingerprint density at radius 3 is 2.50 bits per heavy atom. The van der Waals surface area contributed by atoms with E-state index in [1.54, 1.807) is 6.92 Å². The number of carbonyl (C=O) groups excluding carboxylic acids is 1. The van der Waals surface area contributed by atoms with Crippen molar-refractivity contribution in [3.05, 3.63) is 51.4 Å². The smallest absolute Gasteiger partial charge is 0.249 e. The highest BCUT2D eigenvalue weighted by Gasteiger charge is 2.25. The third kappa shape index (κ3) is 3.23. The van der Waals surface area contributed by atoms with E-state index in [0.29, 0.717) is 5.02 Å². The Hall–Kier alpha value is -1.65. The highest BCUT2D eigenvalue weighted by Crippen LogP contribution is 2.32. The maximum atomic E-state index is 12.0. The number of hydrogen-bond donors (Lipinski definition) is 1. The van der Waals surface area contributed by atoms with Crippen LogP contribution in [0.15, 0.2) is 34.6 Å². The Morgan fingerprint density at radius 1 is 1.23 bits per heavy atom. The van der Waals surface area contributed by atoms with Gasteiger partial charge in [0.15, 0.2) is 0 Å². The molecule has 0 saturated carbocycles. The normalized spacial score (nSPS) is 16.7. The van der Waals surface area contributed by atoms with Gasteiger partial charge in [-0.15, -0.1) is 11.3 Å². The number of thiophene rings is 1. The van der Waals surface area contributed by atoms with Crippen LogP contribution in [0.3, 0.4) is 0 Å². The Bertz CT molecular complexity index is 704. The Labute approximate surface area is 140 Å². The summed E-state index contributed by atoms with van der Waals surface area (Å²) in [6, 6.07) is 7.14.